The molecular weight excluding hydrogens is 522 g/mol. The van der Waals surface area contributed by atoms with E-state index in [0.717, 1.165) is 44.1 Å². The van der Waals surface area contributed by atoms with Crippen LogP contribution in [0.5, 0.6) is 0 Å². The van der Waals surface area contributed by atoms with E-state index in [1.807, 2.05) is 26.0 Å². The smallest absolute Gasteiger partial charge is 0.239 e. The average Bonchev–Trinajstić information content (AvgIpc) is 3.40. The van der Waals surface area contributed by atoms with Crippen molar-refractivity contribution in [3.8, 4) is 18.4 Å². The first-order valence-electron chi connectivity index (χ1n) is 15.5. The quantitative estimate of drug-likeness (QED) is 0.352. The summed E-state index contributed by atoms with van der Waals surface area (Å²) in [5.74, 6) is 2.44. The number of carbonyl (C=O) groups is 3. The molecule has 0 aliphatic heterocycles. The van der Waals surface area contributed by atoms with E-state index in [-0.39, 0.29) is 57.0 Å². The highest BCUT2D eigenvalue weighted by molar-refractivity contribution is 6.04. The number of aromatic nitrogens is 2. The summed E-state index contributed by atoms with van der Waals surface area (Å²) in [6.45, 7) is 15.2. The monoisotopic (exact) mass is 565 g/mol. The lowest BCUT2D eigenvalue weighted by atomic mass is 9.34. The van der Waals surface area contributed by atoms with Gasteiger partial charge in [0.15, 0.2) is 17.4 Å². The maximum atomic E-state index is 14.7. The fourth-order valence-electron chi connectivity index (χ4n) is 10.8. The highest BCUT2D eigenvalue weighted by Crippen LogP contribution is 2.74. The van der Waals surface area contributed by atoms with Gasteiger partial charge < -0.3 is 0 Å². The second-order valence-corrected chi connectivity index (χ2v) is 16.0. The number of ketones is 2. The predicted molar refractivity (Wildman–Crippen MR) is 160 cm³/mol. The van der Waals surface area contributed by atoms with E-state index in [9.17, 15) is 19.6 Å². The molecule has 7 atom stereocenters. The Morgan fingerprint density at radius 3 is 2.40 bits per heavy atom. The number of Topliss-reactive ketones (excluding diaryl/α,β-unsaturated/α-hetero) is 1. The first-order chi connectivity index (χ1) is 19.5. The molecule has 1 heterocycles. The van der Waals surface area contributed by atoms with Gasteiger partial charge in [-0.25, -0.2) is 4.98 Å². The molecule has 0 radical (unpaired) electrons. The van der Waals surface area contributed by atoms with Crippen LogP contribution in [0.2, 0.25) is 0 Å². The first-order valence-corrected chi connectivity index (χ1v) is 15.5. The number of terminal acetylenes is 1. The van der Waals surface area contributed by atoms with Gasteiger partial charge in [0.1, 0.15) is 6.07 Å². The number of nitrogens with zero attached hydrogens (tertiary/aromatic N) is 3. The van der Waals surface area contributed by atoms with Crippen LogP contribution in [0.3, 0.4) is 0 Å². The molecule has 5 aliphatic carbocycles. The molecule has 0 saturated heterocycles. The minimum Gasteiger partial charge on any atom is -0.295 e. The van der Waals surface area contributed by atoms with Crippen LogP contribution in [-0.2, 0) is 9.59 Å². The number of hydrogen-bond acceptors (Lipinski definition) is 5. The SMILES string of the molecule is C#Cc1nccn1C(=O)[C@]12CCC(C)(C)C[C@H]1[C@H]1C(=O)C=C3[C@@]4(C)C=C(C#N)C(=O)C(C)(C)[C@@H]4CC[C@@]3(C)[C@]1(C)CC2. The lowest BCUT2D eigenvalue weighted by Crippen LogP contribution is -2.66. The van der Waals surface area contributed by atoms with Crippen molar-refractivity contribution in [2.75, 3.05) is 0 Å². The molecule has 3 saturated carbocycles. The zero-order valence-electron chi connectivity index (χ0n) is 26.1. The van der Waals surface area contributed by atoms with Crippen molar-refractivity contribution in [3.63, 3.8) is 0 Å². The molecule has 3 fully saturated rings. The van der Waals surface area contributed by atoms with Crippen molar-refractivity contribution in [3.05, 3.63) is 41.5 Å². The van der Waals surface area contributed by atoms with Crippen LogP contribution in [0.1, 0.15) is 104 Å². The third-order valence-electron chi connectivity index (χ3n) is 13.3. The summed E-state index contributed by atoms with van der Waals surface area (Å²) >= 11 is 0. The standard InChI is InChI=1S/C36H43N3O3/c1-9-27-38-16-17-39(27)30(42)36-14-12-31(2,3)20-23(36)28-24(40)18-26-33(6)19-22(21-37)29(41)32(4,5)25(33)10-11-34(26,7)35(28,8)13-15-36/h1,16-19,23,25,28H,10-15,20H2,2-8H3/t23-,25-,28-,33-,34+,35+,36-/m0/s1. The Bertz CT molecular complexity index is 1580. The second kappa shape index (κ2) is 8.66. The van der Waals surface area contributed by atoms with Gasteiger partial charge in [-0.05, 0) is 85.0 Å². The summed E-state index contributed by atoms with van der Waals surface area (Å²) in [5, 5.41) is 9.95. The average molecular weight is 566 g/mol. The van der Waals surface area contributed by atoms with Gasteiger partial charge in [0.05, 0.1) is 11.0 Å². The van der Waals surface area contributed by atoms with Crippen molar-refractivity contribution >= 4 is 17.5 Å². The molecule has 220 valence electrons. The van der Waals surface area contributed by atoms with Crippen molar-refractivity contribution in [1.82, 2.24) is 9.55 Å². The van der Waals surface area contributed by atoms with Gasteiger partial charge in [0.2, 0.25) is 5.91 Å². The third-order valence-corrected chi connectivity index (χ3v) is 13.3. The molecule has 0 amide bonds. The van der Waals surface area contributed by atoms with Crippen LogP contribution in [-0.4, -0.2) is 27.0 Å². The van der Waals surface area contributed by atoms with Gasteiger partial charge in [-0.2, -0.15) is 5.26 Å². The van der Waals surface area contributed by atoms with Gasteiger partial charge in [-0.3, -0.25) is 19.0 Å². The molecule has 6 nitrogen and oxygen atoms in total. The highest BCUT2D eigenvalue weighted by Gasteiger charge is 2.71. The zero-order chi connectivity index (χ0) is 30.7. The molecule has 1 aromatic rings. The van der Waals surface area contributed by atoms with Gasteiger partial charge in [0.25, 0.3) is 0 Å². The Hall–Kier alpha value is -3.25. The fourth-order valence-corrected chi connectivity index (χ4v) is 10.8. The van der Waals surface area contributed by atoms with Crippen molar-refractivity contribution in [2.45, 2.75) is 93.4 Å². The Morgan fingerprint density at radius 1 is 1.05 bits per heavy atom. The molecule has 5 aliphatic rings. The molecule has 0 N–H and O–H groups in total. The number of allylic oxidation sites excluding steroid dienone is 4. The Morgan fingerprint density at radius 2 is 1.74 bits per heavy atom. The van der Waals surface area contributed by atoms with E-state index in [1.165, 1.54) is 0 Å². The predicted octanol–water partition coefficient (Wildman–Crippen LogP) is 6.72. The lowest BCUT2D eigenvalue weighted by molar-refractivity contribution is -0.164. The fraction of sp³-hybridized carbons (Fsp3) is 0.639. The minimum atomic E-state index is -0.696. The summed E-state index contributed by atoms with van der Waals surface area (Å²) < 4.78 is 1.55. The van der Waals surface area contributed by atoms with E-state index >= 15 is 0 Å². The zero-order valence-corrected chi connectivity index (χ0v) is 26.1. The van der Waals surface area contributed by atoms with E-state index < -0.39 is 16.2 Å². The molecule has 6 rings (SSSR count). The van der Waals surface area contributed by atoms with Crippen LogP contribution < -0.4 is 0 Å². The van der Waals surface area contributed by atoms with E-state index in [0.29, 0.717) is 12.2 Å². The lowest BCUT2D eigenvalue weighted by Gasteiger charge is -2.69. The maximum Gasteiger partial charge on any atom is 0.239 e. The number of fused-ring (bicyclic) bond motifs is 7. The summed E-state index contributed by atoms with van der Waals surface area (Å²) in [7, 11) is 0. The maximum absolute atomic E-state index is 14.7. The molecule has 0 unspecified atom stereocenters. The number of rotatable bonds is 1. The molecule has 1 aromatic heterocycles. The van der Waals surface area contributed by atoms with Gasteiger partial charge in [0, 0.05) is 29.1 Å². The largest absolute Gasteiger partial charge is 0.295 e. The molecule has 0 aromatic carbocycles. The summed E-state index contributed by atoms with van der Waals surface area (Å²) in [6.07, 6.45) is 18.3. The van der Waals surface area contributed by atoms with Crippen LogP contribution in [0.15, 0.2) is 35.7 Å². The number of carbonyl (C=O) groups excluding carboxylic acids is 3. The number of hydrogen-bond donors (Lipinski definition) is 0. The molecule has 0 bridgehead atoms. The minimum absolute atomic E-state index is 0.00294. The topological polar surface area (TPSA) is 92.8 Å². The second-order valence-electron chi connectivity index (χ2n) is 16.0. The molecule has 0 spiro atoms. The van der Waals surface area contributed by atoms with Gasteiger partial charge in [-0.1, -0.05) is 60.1 Å². The van der Waals surface area contributed by atoms with Crippen LogP contribution in [0.25, 0.3) is 0 Å². The van der Waals surface area contributed by atoms with Crippen LogP contribution in [0.4, 0.5) is 0 Å². The number of nitriles is 1. The summed E-state index contributed by atoms with van der Waals surface area (Å²) in [4.78, 5) is 46.7. The third kappa shape index (κ3) is 3.39. The Balaban J connectivity index is 1.53. The van der Waals surface area contributed by atoms with Crippen LogP contribution >= 0.6 is 0 Å². The van der Waals surface area contributed by atoms with Gasteiger partial charge in [-0.15, -0.1) is 6.42 Å². The Kier molecular flexibility index (Phi) is 5.95. The van der Waals surface area contributed by atoms with E-state index in [1.54, 1.807) is 17.0 Å². The molecule has 6 heteroatoms. The van der Waals surface area contributed by atoms with Crippen molar-refractivity contribution in [1.29, 1.82) is 5.26 Å². The van der Waals surface area contributed by atoms with E-state index in [2.05, 4.69) is 51.6 Å². The first kappa shape index (κ1) is 28.9. The highest BCUT2D eigenvalue weighted by atomic mass is 16.2. The summed E-state index contributed by atoms with van der Waals surface area (Å²) in [6, 6.07) is 2.18. The number of imidazole rings is 1. The van der Waals surface area contributed by atoms with E-state index in [4.69, 9.17) is 6.42 Å². The molecular formula is C36H43N3O3. The Labute approximate surface area is 250 Å². The van der Waals surface area contributed by atoms with Gasteiger partial charge >= 0.3 is 0 Å². The van der Waals surface area contributed by atoms with Crippen molar-refractivity contribution in [2.24, 2.45) is 50.2 Å². The molecule has 42 heavy (non-hydrogen) atoms. The van der Waals surface area contributed by atoms with Crippen LogP contribution in [0, 0.1) is 73.9 Å². The normalized spacial score (nSPS) is 41.5. The summed E-state index contributed by atoms with van der Waals surface area (Å²) in [5.41, 5.74) is -1.37. The van der Waals surface area contributed by atoms with Crippen molar-refractivity contribution < 1.29 is 14.4 Å².